The summed E-state index contributed by atoms with van der Waals surface area (Å²) in [5.74, 6) is -0.505. The van der Waals surface area contributed by atoms with Crippen molar-refractivity contribution in [3.05, 3.63) is 54.2 Å². The van der Waals surface area contributed by atoms with E-state index in [1.165, 1.54) is 29.5 Å². The van der Waals surface area contributed by atoms with E-state index in [1.807, 2.05) is 24.3 Å². The van der Waals surface area contributed by atoms with E-state index in [0.717, 1.165) is 10.2 Å². The fraction of sp³-hybridized carbons (Fsp3) is 0.320. The molecule has 0 saturated heterocycles. The summed E-state index contributed by atoms with van der Waals surface area (Å²) in [6.45, 7) is 1.46. The van der Waals surface area contributed by atoms with Crippen LogP contribution in [0.2, 0.25) is 0 Å². The van der Waals surface area contributed by atoms with Crippen LogP contribution in [0.5, 0.6) is 5.75 Å². The largest absolute Gasteiger partial charge is 0.573 e. The third kappa shape index (κ3) is 5.50. The van der Waals surface area contributed by atoms with Crippen molar-refractivity contribution in [2.45, 2.75) is 38.0 Å². The van der Waals surface area contributed by atoms with Crippen molar-refractivity contribution in [3.8, 4) is 16.3 Å². The molecule has 0 spiro atoms. The molecule has 4 atom stereocenters. The monoisotopic (exact) mass is 547 g/mol. The maximum Gasteiger partial charge on any atom is 0.573 e. The lowest BCUT2D eigenvalue weighted by atomic mass is 10.1. The maximum absolute atomic E-state index is 12.7. The van der Waals surface area contributed by atoms with E-state index in [0.29, 0.717) is 28.5 Å². The van der Waals surface area contributed by atoms with Gasteiger partial charge in [0.15, 0.2) is 0 Å². The summed E-state index contributed by atoms with van der Waals surface area (Å²) in [5, 5.41) is 37.2. The Morgan fingerprint density at radius 2 is 1.84 bits per heavy atom. The van der Waals surface area contributed by atoms with Crippen LogP contribution in [-0.2, 0) is 0 Å². The van der Waals surface area contributed by atoms with Crippen LogP contribution in [0.15, 0.2) is 48.5 Å². The molecule has 0 amide bonds. The van der Waals surface area contributed by atoms with Gasteiger partial charge in [-0.1, -0.05) is 18.2 Å². The standard InChI is InChI=1S/C25H24F3N5O4S/c1-12-19(23-32-16-7-2-3-8-18(16)38-23)22(31-17-9-13(11-34)20(35)21(17)36)33-24(29-12)30-14-5-4-6-15(10-14)37-25(26,27)28/h2-8,10,13,17,20-21,34-36H,9,11H2,1H3,(H2,29,30,31,33). The van der Waals surface area contributed by atoms with Gasteiger partial charge in [-0.05, 0) is 37.6 Å². The second-order valence-corrected chi connectivity index (χ2v) is 9.98. The van der Waals surface area contributed by atoms with Gasteiger partial charge in [0.2, 0.25) is 5.95 Å². The number of nitrogens with one attached hydrogen (secondary N) is 2. The predicted octanol–water partition coefficient (Wildman–Crippen LogP) is 4.22. The molecule has 1 saturated carbocycles. The van der Waals surface area contributed by atoms with Crippen molar-refractivity contribution in [1.82, 2.24) is 15.0 Å². The fourth-order valence-corrected chi connectivity index (χ4v) is 5.56. The Morgan fingerprint density at radius 1 is 1.05 bits per heavy atom. The number of aromatic nitrogens is 3. The molecular weight excluding hydrogens is 523 g/mol. The summed E-state index contributed by atoms with van der Waals surface area (Å²) in [4.78, 5) is 13.8. The number of aliphatic hydroxyl groups is 3. The van der Waals surface area contributed by atoms with Gasteiger partial charge >= 0.3 is 6.36 Å². The summed E-state index contributed by atoms with van der Waals surface area (Å²) in [6, 6.07) is 12.3. The first-order chi connectivity index (χ1) is 18.1. The maximum atomic E-state index is 12.7. The number of para-hydroxylation sites is 1. The van der Waals surface area contributed by atoms with E-state index in [9.17, 15) is 28.5 Å². The lowest BCUT2D eigenvalue weighted by Gasteiger charge is -2.21. The van der Waals surface area contributed by atoms with Crippen molar-refractivity contribution in [3.63, 3.8) is 0 Å². The second kappa shape index (κ2) is 10.3. The average molecular weight is 548 g/mol. The van der Waals surface area contributed by atoms with Crippen molar-refractivity contribution in [1.29, 1.82) is 0 Å². The van der Waals surface area contributed by atoms with Crippen LogP contribution in [0.1, 0.15) is 12.1 Å². The van der Waals surface area contributed by atoms with Gasteiger partial charge in [0.05, 0.1) is 33.6 Å². The highest BCUT2D eigenvalue weighted by Gasteiger charge is 2.41. The van der Waals surface area contributed by atoms with Crippen molar-refractivity contribution < 1.29 is 33.2 Å². The van der Waals surface area contributed by atoms with Gasteiger partial charge < -0.3 is 30.7 Å². The first kappa shape index (κ1) is 26.1. The summed E-state index contributed by atoms with van der Waals surface area (Å²) >= 11 is 1.43. The number of benzene rings is 2. The van der Waals surface area contributed by atoms with Crippen LogP contribution in [0.3, 0.4) is 0 Å². The number of rotatable bonds is 7. The Bertz CT molecular complexity index is 1420. The Morgan fingerprint density at radius 3 is 2.55 bits per heavy atom. The smallest absolute Gasteiger partial charge is 0.406 e. The number of thiazole rings is 1. The number of aryl methyl sites for hydroxylation is 1. The molecule has 13 heteroatoms. The van der Waals surface area contributed by atoms with E-state index in [2.05, 4.69) is 25.3 Å². The molecule has 5 rings (SSSR count). The van der Waals surface area contributed by atoms with Crippen molar-refractivity contribution in [2.75, 3.05) is 17.2 Å². The predicted molar refractivity (Wildman–Crippen MR) is 136 cm³/mol. The van der Waals surface area contributed by atoms with E-state index >= 15 is 0 Å². The first-order valence-electron chi connectivity index (χ1n) is 11.7. The van der Waals surface area contributed by atoms with Crippen LogP contribution < -0.4 is 15.4 Å². The Hall–Kier alpha value is -3.52. The fourth-order valence-electron chi connectivity index (χ4n) is 4.49. The molecule has 5 N–H and O–H groups in total. The zero-order valence-electron chi connectivity index (χ0n) is 20.0. The quantitative estimate of drug-likeness (QED) is 0.231. The Labute approximate surface area is 219 Å². The minimum Gasteiger partial charge on any atom is -0.406 e. The minimum atomic E-state index is -4.83. The molecule has 1 fully saturated rings. The summed E-state index contributed by atoms with van der Waals surface area (Å²) in [7, 11) is 0. The minimum absolute atomic E-state index is 0.0887. The molecular formula is C25H24F3N5O4S. The number of hydrogen-bond acceptors (Lipinski definition) is 10. The van der Waals surface area contributed by atoms with Gasteiger partial charge in [-0.3, -0.25) is 0 Å². The molecule has 9 nitrogen and oxygen atoms in total. The van der Waals surface area contributed by atoms with E-state index in [4.69, 9.17) is 4.98 Å². The highest BCUT2D eigenvalue weighted by molar-refractivity contribution is 7.21. The molecule has 38 heavy (non-hydrogen) atoms. The van der Waals surface area contributed by atoms with Gasteiger partial charge in [0.1, 0.15) is 22.7 Å². The zero-order chi connectivity index (χ0) is 27.0. The van der Waals surface area contributed by atoms with Crippen LogP contribution in [0, 0.1) is 12.8 Å². The summed E-state index contributed by atoms with van der Waals surface area (Å²) in [5.41, 5.74) is 2.17. The van der Waals surface area contributed by atoms with Gasteiger partial charge in [0.25, 0.3) is 0 Å². The van der Waals surface area contributed by atoms with Crippen molar-refractivity contribution >= 4 is 39.0 Å². The molecule has 0 radical (unpaired) electrons. The molecule has 4 aromatic rings. The number of anilines is 3. The SMILES string of the molecule is Cc1nc(Nc2cccc(OC(F)(F)F)c2)nc(NC2CC(CO)C(O)C2O)c1-c1nc2ccccc2s1. The second-order valence-electron chi connectivity index (χ2n) is 8.95. The molecule has 0 aliphatic heterocycles. The molecule has 2 aromatic heterocycles. The number of fused-ring (bicyclic) bond motifs is 1. The van der Waals surface area contributed by atoms with Crippen LogP contribution in [0.4, 0.5) is 30.6 Å². The number of halogens is 3. The van der Waals surface area contributed by atoms with Gasteiger partial charge in [0, 0.05) is 24.3 Å². The van der Waals surface area contributed by atoms with Crippen LogP contribution in [-0.4, -0.2) is 61.5 Å². The van der Waals surface area contributed by atoms with Gasteiger partial charge in [-0.25, -0.2) is 9.97 Å². The van der Waals surface area contributed by atoms with E-state index in [1.54, 1.807) is 13.0 Å². The summed E-state index contributed by atoms with van der Waals surface area (Å²) in [6.07, 6.45) is -6.81. The highest BCUT2D eigenvalue weighted by atomic mass is 32.1. The normalized spacial score (nSPS) is 21.6. The Balaban J connectivity index is 1.52. The van der Waals surface area contributed by atoms with Gasteiger partial charge in [-0.2, -0.15) is 4.98 Å². The third-order valence-corrected chi connectivity index (χ3v) is 7.33. The lowest BCUT2D eigenvalue weighted by molar-refractivity contribution is -0.274. The van der Waals surface area contributed by atoms with E-state index in [-0.39, 0.29) is 18.2 Å². The summed E-state index contributed by atoms with van der Waals surface area (Å²) < 4.78 is 42.9. The third-order valence-electron chi connectivity index (χ3n) is 6.28. The van der Waals surface area contributed by atoms with Crippen LogP contribution in [0.25, 0.3) is 20.8 Å². The number of nitrogens with zero attached hydrogens (tertiary/aromatic N) is 3. The number of hydrogen-bond donors (Lipinski definition) is 5. The molecule has 200 valence electrons. The van der Waals surface area contributed by atoms with E-state index < -0.39 is 36.3 Å². The molecule has 0 bridgehead atoms. The molecule has 4 unspecified atom stereocenters. The molecule has 1 aliphatic rings. The zero-order valence-corrected chi connectivity index (χ0v) is 20.8. The molecule has 2 heterocycles. The average Bonchev–Trinajstić information content (AvgIpc) is 3.39. The topological polar surface area (TPSA) is 133 Å². The number of aliphatic hydroxyl groups excluding tert-OH is 3. The molecule has 1 aliphatic carbocycles. The Kier molecular flexibility index (Phi) is 7.09. The first-order valence-corrected chi connectivity index (χ1v) is 12.5. The highest BCUT2D eigenvalue weighted by Crippen LogP contribution is 2.38. The van der Waals surface area contributed by atoms with Crippen molar-refractivity contribution in [2.24, 2.45) is 5.92 Å². The lowest BCUT2D eigenvalue weighted by Crippen LogP contribution is -2.35. The van der Waals surface area contributed by atoms with Crippen LogP contribution >= 0.6 is 11.3 Å². The molecule has 2 aromatic carbocycles. The number of ether oxygens (including phenoxy) is 1. The number of alkyl halides is 3. The van der Waals surface area contributed by atoms with Gasteiger partial charge in [-0.15, -0.1) is 24.5 Å².